The number of carboxylic acid groups (broad SMARTS) is 1. The van der Waals surface area contributed by atoms with E-state index in [0.29, 0.717) is 42.4 Å². The number of aliphatic hydroxyl groups is 1. The molecule has 0 atom stereocenters. The first-order valence-electron chi connectivity index (χ1n) is 7.49. The minimum atomic E-state index is -1.28. The molecule has 3 rings (SSSR count). The number of nitrogen functional groups attached to an aromatic ring is 1. The maximum atomic E-state index is 12.6. The van der Waals surface area contributed by atoms with Crippen molar-refractivity contribution in [1.82, 2.24) is 14.5 Å². The fourth-order valence-electron chi connectivity index (χ4n) is 3.18. The van der Waals surface area contributed by atoms with E-state index < -0.39 is 11.5 Å². The van der Waals surface area contributed by atoms with E-state index in [2.05, 4.69) is 9.97 Å². The zero-order valence-electron chi connectivity index (χ0n) is 12.7. The number of carbonyl (C=O) groups is 1. The normalized spacial score (nSPS) is 21.5. The summed E-state index contributed by atoms with van der Waals surface area (Å²) in [5.41, 5.74) is 5.68. The van der Waals surface area contributed by atoms with Crippen LogP contribution < -0.4 is 11.3 Å². The van der Waals surface area contributed by atoms with Crippen LogP contribution in [0, 0.1) is 6.92 Å². The van der Waals surface area contributed by atoms with Crippen molar-refractivity contribution in [3.63, 3.8) is 0 Å². The van der Waals surface area contributed by atoms with E-state index in [1.807, 2.05) is 0 Å². The molecule has 0 aliphatic heterocycles. The van der Waals surface area contributed by atoms with Crippen molar-refractivity contribution >= 4 is 23.0 Å². The molecular weight excluding hydrogens is 300 g/mol. The van der Waals surface area contributed by atoms with Crippen molar-refractivity contribution in [3.05, 3.63) is 27.7 Å². The molecule has 0 amide bonds. The van der Waals surface area contributed by atoms with Gasteiger partial charge in [0.15, 0.2) is 0 Å². The van der Waals surface area contributed by atoms with Crippen LogP contribution in [0.2, 0.25) is 0 Å². The third kappa shape index (κ3) is 2.65. The predicted molar refractivity (Wildman–Crippen MR) is 83.4 cm³/mol. The number of carboxylic acids is 1. The second kappa shape index (κ2) is 5.62. The number of hydrogen-bond donors (Lipinski definition) is 3. The molecule has 23 heavy (non-hydrogen) atoms. The molecule has 1 saturated carbocycles. The smallest absolute Gasteiger partial charge is 0.341 e. The Kier molecular flexibility index (Phi) is 3.77. The van der Waals surface area contributed by atoms with Gasteiger partial charge >= 0.3 is 5.97 Å². The van der Waals surface area contributed by atoms with Crippen LogP contribution in [0.3, 0.4) is 0 Å². The van der Waals surface area contributed by atoms with Gasteiger partial charge in [0, 0.05) is 11.4 Å². The van der Waals surface area contributed by atoms with E-state index >= 15 is 0 Å². The number of pyridine rings is 1. The third-order valence-electron chi connectivity index (χ3n) is 4.36. The lowest BCUT2D eigenvalue weighted by atomic mass is 9.92. The second-order valence-electron chi connectivity index (χ2n) is 5.91. The standard InChI is InChI=1S/C15H18N4O4/c1-7-10-6-11(14(22)23)13(21)19(12(10)18-15(16)17-7)8-2-4-9(20)5-3-8/h6,8-9,20H,2-5H2,1H3,(H,22,23)(H2,16,17,18)/t8-,9-. The van der Waals surface area contributed by atoms with Crippen LogP contribution in [0.4, 0.5) is 5.95 Å². The number of nitrogens with zero attached hydrogens (tertiary/aromatic N) is 3. The molecule has 1 aliphatic carbocycles. The Balaban J connectivity index is 2.30. The topological polar surface area (TPSA) is 131 Å². The average molecular weight is 318 g/mol. The van der Waals surface area contributed by atoms with Crippen LogP contribution in [-0.4, -0.2) is 36.8 Å². The number of rotatable bonds is 2. The van der Waals surface area contributed by atoms with Crippen LogP contribution >= 0.6 is 0 Å². The molecule has 0 radical (unpaired) electrons. The number of aryl methyl sites for hydroxylation is 1. The van der Waals surface area contributed by atoms with Crippen molar-refractivity contribution in [3.8, 4) is 0 Å². The largest absolute Gasteiger partial charge is 0.477 e. The van der Waals surface area contributed by atoms with Gasteiger partial charge in [-0.3, -0.25) is 9.36 Å². The van der Waals surface area contributed by atoms with E-state index in [0.717, 1.165) is 0 Å². The highest BCUT2D eigenvalue weighted by molar-refractivity contribution is 5.92. The van der Waals surface area contributed by atoms with Crippen molar-refractivity contribution in [2.75, 3.05) is 5.73 Å². The molecule has 0 spiro atoms. The molecule has 4 N–H and O–H groups in total. The Morgan fingerprint density at radius 2 is 1.96 bits per heavy atom. The van der Waals surface area contributed by atoms with Crippen molar-refractivity contribution < 1.29 is 15.0 Å². The Morgan fingerprint density at radius 3 is 2.57 bits per heavy atom. The van der Waals surface area contributed by atoms with Gasteiger partial charge < -0.3 is 15.9 Å². The molecule has 8 heteroatoms. The summed E-state index contributed by atoms with van der Waals surface area (Å²) in [6.45, 7) is 1.70. The number of anilines is 1. The van der Waals surface area contributed by atoms with E-state index in [-0.39, 0.29) is 23.7 Å². The maximum Gasteiger partial charge on any atom is 0.341 e. The average Bonchev–Trinajstić information content (AvgIpc) is 2.47. The highest BCUT2D eigenvalue weighted by Gasteiger charge is 2.26. The van der Waals surface area contributed by atoms with E-state index in [4.69, 9.17) is 5.73 Å². The van der Waals surface area contributed by atoms with Crippen molar-refractivity contribution in [1.29, 1.82) is 0 Å². The van der Waals surface area contributed by atoms with Crippen LogP contribution in [0.25, 0.3) is 11.0 Å². The fraction of sp³-hybridized carbons (Fsp3) is 0.467. The highest BCUT2D eigenvalue weighted by atomic mass is 16.4. The summed E-state index contributed by atoms with van der Waals surface area (Å²) in [6, 6.07) is 1.10. The molecule has 122 valence electrons. The fourth-order valence-corrected chi connectivity index (χ4v) is 3.18. The summed E-state index contributed by atoms with van der Waals surface area (Å²) in [7, 11) is 0. The monoisotopic (exact) mass is 318 g/mol. The second-order valence-corrected chi connectivity index (χ2v) is 5.91. The summed E-state index contributed by atoms with van der Waals surface area (Å²) < 4.78 is 1.41. The molecule has 2 aromatic heterocycles. The molecule has 0 bridgehead atoms. The molecule has 0 saturated heterocycles. The summed E-state index contributed by atoms with van der Waals surface area (Å²) >= 11 is 0. The SMILES string of the molecule is Cc1nc(N)nc2c1cc(C(=O)O)c(=O)n2[C@H]1CC[C@H](O)CC1. The van der Waals surface area contributed by atoms with Gasteiger partial charge in [-0.2, -0.15) is 4.98 Å². The summed E-state index contributed by atoms with van der Waals surface area (Å²) in [5, 5.41) is 19.5. The number of aliphatic hydroxyl groups excluding tert-OH is 1. The van der Waals surface area contributed by atoms with Gasteiger partial charge in [0.25, 0.3) is 5.56 Å². The van der Waals surface area contributed by atoms with Crippen molar-refractivity contribution in [2.24, 2.45) is 0 Å². The van der Waals surface area contributed by atoms with Gasteiger partial charge in [-0.15, -0.1) is 0 Å². The number of hydrogen-bond acceptors (Lipinski definition) is 6. The highest BCUT2D eigenvalue weighted by Crippen LogP contribution is 2.30. The van der Waals surface area contributed by atoms with Gasteiger partial charge in [-0.1, -0.05) is 0 Å². The van der Waals surface area contributed by atoms with E-state index in [1.165, 1.54) is 10.6 Å². The molecule has 0 aromatic carbocycles. The molecule has 2 heterocycles. The zero-order valence-corrected chi connectivity index (χ0v) is 12.7. The van der Waals surface area contributed by atoms with Gasteiger partial charge in [-0.05, 0) is 38.7 Å². The minimum Gasteiger partial charge on any atom is -0.477 e. The van der Waals surface area contributed by atoms with Gasteiger partial charge in [0.05, 0.1) is 11.8 Å². The van der Waals surface area contributed by atoms with E-state index in [9.17, 15) is 19.8 Å². The Morgan fingerprint density at radius 1 is 1.30 bits per heavy atom. The summed E-state index contributed by atoms with van der Waals surface area (Å²) in [5.74, 6) is -1.24. The Labute approximate surface area is 131 Å². The number of fused-ring (bicyclic) bond motifs is 1. The zero-order chi connectivity index (χ0) is 16.7. The van der Waals surface area contributed by atoms with Gasteiger partial charge in [0.1, 0.15) is 11.2 Å². The molecule has 0 unspecified atom stereocenters. The molecule has 1 aliphatic rings. The lowest BCUT2D eigenvalue weighted by Crippen LogP contribution is -2.33. The quantitative estimate of drug-likeness (QED) is 0.748. The predicted octanol–water partition coefficient (Wildman–Crippen LogP) is 0.856. The number of aromatic nitrogens is 3. The third-order valence-corrected chi connectivity index (χ3v) is 4.36. The Bertz CT molecular complexity index is 837. The molecule has 1 fully saturated rings. The van der Waals surface area contributed by atoms with Crippen LogP contribution in [-0.2, 0) is 0 Å². The van der Waals surface area contributed by atoms with Gasteiger partial charge in [-0.25, -0.2) is 9.78 Å². The summed E-state index contributed by atoms with van der Waals surface area (Å²) in [6.07, 6.45) is 1.92. The lowest BCUT2D eigenvalue weighted by Gasteiger charge is -2.28. The first kappa shape index (κ1) is 15.4. The van der Waals surface area contributed by atoms with Crippen LogP contribution in [0.1, 0.15) is 47.8 Å². The van der Waals surface area contributed by atoms with Gasteiger partial charge in [0.2, 0.25) is 5.95 Å². The molecule has 2 aromatic rings. The van der Waals surface area contributed by atoms with Crippen molar-refractivity contribution in [2.45, 2.75) is 44.8 Å². The lowest BCUT2D eigenvalue weighted by molar-refractivity contribution is 0.0693. The maximum absolute atomic E-state index is 12.6. The Hall–Kier alpha value is -2.48. The molecule has 8 nitrogen and oxygen atoms in total. The first-order valence-corrected chi connectivity index (χ1v) is 7.49. The van der Waals surface area contributed by atoms with Crippen LogP contribution in [0.15, 0.2) is 10.9 Å². The number of nitrogens with two attached hydrogens (primary N) is 1. The van der Waals surface area contributed by atoms with Crippen LogP contribution in [0.5, 0.6) is 0 Å². The number of aromatic carboxylic acids is 1. The van der Waals surface area contributed by atoms with E-state index in [1.54, 1.807) is 6.92 Å². The summed E-state index contributed by atoms with van der Waals surface area (Å²) in [4.78, 5) is 32.3. The first-order chi connectivity index (χ1) is 10.9. The molecular formula is C15H18N4O4. The minimum absolute atomic E-state index is 0.0436.